The molecule has 1 heteroatoms. The van der Waals surface area contributed by atoms with E-state index in [-0.39, 0.29) is 0 Å². The summed E-state index contributed by atoms with van der Waals surface area (Å²) in [6.07, 6.45) is 9.04. The molecule has 0 fully saturated rings. The van der Waals surface area contributed by atoms with E-state index in [9.17, 15) is 0 Å². The van der Waals surface area contributed by atoms with E-state index in [4.69, 9.17) is 4.42 Å². The fourth-order valence-electron chi connectivity index (χ4n) is 8.70. The van der Waals surface area contributed by atoms with Crippen molar-refractivity contribution in [2.45, 2.75) is 12.8 Å². The second kappa shape index (κ2) is 9.31. The van der Waals surface area contributed by atoms with Crippen molar-refractivity contribution in [3.63, 3.8) is 0 Å². The minimum atomic E-state index is 0.923. The van der Waals surface area contributed by atoms with Gasteiger partial charge in [-0.1, -0.05) is 127 Å². The third-order valence-electron chi connectivity index (χ3n) is 10.7. The summed E-state index contributed by atoms with van der Waals surface area (Å²) in [5.74, 6) is 0. The maximum atomic E-state index is 6.55. The van der Waals surface area contributed by atoms with Crippen molar-refractivity contribution < 1.29 is 4.42 Å². The Bertz CT molecular complexity index is 2840. The number of allylic oxidation sites excluding steroid dienone is 3. The van der Waals surface area contributed by atoms with E-state index in [0.717, 1.165) is 29.4 Å². The summed E-state index contributed by atoms with van der Waals surface area (Å²) in [7, 11) is 0. The van der Waals surface area contributed by atoms with Gasteiger partial charge in [0, 0.05) is 10.8 Å². The van der Waals surface area contributed by atoms with Crippen LogP contribution in [0.4, 0.5) is 0 Å². The van der Waals surface area contributed by atoms with Crippen LogP contribution < -0.4 is 0 Å². The van der Waals surface area contributed by atoms with Gasteiger partial charge in [0.2, 0.25) is 0 Å². The van der Waals surface area contributed by atoms with Crippen LogP contribution in [0.5, 0.6) is 0 Å². The molecule has 1 heterocycles. The lowest BCUT2D eigenvalue weighted by molar-refractivity contribution is 0.669. The van der Waals surface area contributed by atoms with Crippen molar-refractivity contribution in [3.8, 4) is 22.3 Å². The molecule has 9 aromatic rings. The number of hydrogen-bond donors (Lipinski definition) is 0. The molecular weight excluding hydrogens is 569 g/mol. The zero-order chi connectivity index (χ0) is 30.6. The van der Waals surface area contributed by atoms with Gasteiger partial charge in [-0.15, -0.1) is 0 Å². The molecule has 0 radical (unpaired) electrons. The van der Waals surface area contributed by atoms with Crippen LogP contribution in [0.3, 0.4) is 0 Å². The molecule has 1 aromatic heterocycles. The molecule has 2 aliphatic carbocycles. The molecular formula is C46H28O. The summed E-state index contributed by atoms with van der Waals surface area (Å²) >= 11 is 0. The van der Waals surface area contributed by atoms with Gasteiger partial charge < -0.3 is 4.42 Å². The van der Waals surface area contributed by atoms with Crippen LogP contribution in [0.1, 0.15) is 23.1 Å². The topological polar surface area (TPSA) is 13.1 Å². The van der Waals surface area contributed by atoms with Gasteiger partial charge in [-0.25, -0.2) is 0 Å². The molecule has 2 aliphatic rings. The zero-order valence-electron chi connectivity index (χ0n) is 25.7. The van der Waals surface area contributed by atoms with Crippen molar-refractivity contribution in [1.29, 1.82) is 0 Å². The average molecular weight is 597 g/mol. The number of fused-ring (bicyclic) bond motifs is 7. The lowest BCUT2D eigenvalue weighted by Crippen LogP contribution is -2.05. The fraction of sp³-hybridized carbons (Fsp3) is 0.0435. The molecule has 0 saturated carbocycles. The molecule has 0 saturated heterocycles. The van der Waals surface area contributed by atoms with E-state index in [1.54, 1.807) is 0 Å². The predicted octanol–water partition coefficient (Wildman–Crippen LogP) is 12.9. The number of rotatable bonds is 2. The van der Waals surface area contributed by atoms with E-state index in [0.29, 0.717) is 0 Å². The molecule has 0 atom stereocenters. The van der Waals surface area contributed by atoms with Gasteiger partial charge in [-0.05, 0) is 119 Å². The number of benzene rings is 8. The average Bonchev–Trinajstić information content (AvgIpc) is 3.51. The van der Waals surface area contributed by atoms with Gasteiger partial charge in [-0.2, -0.15) is 0 Å². The molecule has 8 aromatic carbocycles. The Hall–Kier alpha value is -5.92. The smallest absolute Gasteiger partial charge is 0.136 e. The van der Waals surface area contributed by atoms with Gasteiger partial charge in [0.1, 0.15) is 11.2 Å². The van der Waals surface area contributed by atoms with Gasteiger partial charge in [0.15, 0.2) is 0 Å². The van der Waals surface area contributed by atoms with E-state index in [1.807, 2.05) is 0 Å². The van der Waals surface area contributed by atoms with E-state index in [2.05, 4.69) is 146 Å². The Morgan fingerprint density at radius 1 is 0.468 bits per heavy atom. The van der Waals surface area contributed by atoms with Gasteiger partial charge >= 0.3 is 0 Å². The summed E-state index contributed by atoms with van der Waals surface area (Å²) in [5.41, 5.74) is 12.6. The maximum Gasteiger partial charge on any atom is 0.136 e. The molecule has 0 spiro atoms. The monoisotopic (exact) mass is 596 g/mol. The quantitative estimate of drug-likeness (QED) is 0.181. The van der Waals surface area contributed by atoms with Crippen LogP contribution in [0, 0.1) is 0 Å². The largest absolute Gasteiger partial charge is 0.456 e. The maximum absolute atomic E-state index is 6.55. The first-order valence-corrected chi connectivity index (χ1v) is 16.5. The highest BCUT2D eigenvalue weighted by molar-refractivity contribution is 6.24. The first kappa shape index (κ1) is 25.3. The second-order valence-corrected chi connectivity index (χ2v) is 13.1. The standard InChI is InChI=1S/C46H28O/c1-2-11-32-27(8-1)21-25-40-46(32)39-24-20-31(26-41(39)47-40)43-33-12-3-5-14-35(33)45(36-15-6-4-13-34(36)43)38-23-19-30-17-16-28-9-7-10-29-18-22-37(38)44(30)42(28)29/h1-9,11-21,23-26H,10,22H2. The van der Waals surface area contributed by atoms with Crippen molar-refractivity contribution >= 4 is 76.7 Å². The van der Waals surface area contributed by atoms with Gasteiger partial charge in [0.25, 0.3) is 0 Å². The molecule has 218 valence electrons. The Morgan fingerprint density at radius 2 is 1.17 bits per heavy atom. The molecule has 47 heavy (non-hydrogen) atoms. The van der Waals surface area contributed by atoms with E-state index < -0.39 is 0 Å². The summed E-state index contributed by atoms with van der Waals surface area (Å²) in [5, 5.41) is 12.7. The van der Waals surface area contributed by atoms with Crippen molar-refractivity contribution in [2.75, 3.05) is 0 Å². The van der Waals surface area contributed by atoms with Crippen LogP contribution >= 0.6 is 0 Å². The van der Waals surface area contributed by atoms with Crippen LogP contribution in [-0.2, 0) is 6.42 Å². The van der Waals surface area contributed by atoms with E-state index in [1.165, 1.54) is 93.0 Å². The SMILES string of the molecule is C1=Cc2ccc3ccc(-c4c5ccccc5c(-c5ccc6c(c5)oc5ccc7ccccc7c56)c5ccccc45)c4c3c2C(=CC4)C1. The molecule has 0 unspecified atom stereocenters. The first-order valence-electron chi connectivity index (χ1n) is 16.5. The predicted molar refractivity (Wildman–Crippen MR) is 200 cm³/mol. The lowest BCUT2D eigenvalue weighted by Gasteiger charge is -2.26. The minimum Gasteiger partial charge on any atom is -0.456 e. The zero-order valence-corrected chi connectivity index (χ0v) is 25.7. The van der Waals surface area contributed by atoms with Crippen LogP contribution in [0.25, 0.3) is 98.9 Å². The highest BCUT2D eigenvalue weighted by atomic mass is 16.3. The highest BCUT2D eigenvalue weighted by Gasteiger charge is 2.25. The summed E-state index contributed by atoms with van der Waals surface area (Å²) in [4.78, 5) is 0. The van der Waals surface area contributed by atoms with Crippen molar-refractivity contribution in [3.05, 3.63) is 156 Å². The van der Waals surface area contributed by atoms with E-state index >= 15 is 0 Å². The molecule has 11 rings (SSSR count). The fourth-order valence-corrected chi connectivity index (χ4v) is 8.70. The lowest BCUT2D eigenvalue weighted by atomic mass is 9.77. The van der Waals surface area contributed by atoms with Gasteiger partial charge in [0.05, 0.1) is 0 Å². The first-order chi connectivity index (χ1) is 23.3. The van der Waals surface area contributed by atoms with Crippen molar-refractivity contribution in [2.24, 2.45) is 0 Å². The molecule has 0 amide bonds. The number of furan rings is 1. The summed E-state index contributed by atoms with van der Waals surface area (Å²) in [6.45, 7) is 0. The molecule has 0 aliphatic heterocycles. The Kier molecular flexibility index (Phi) is 5.01. The Morgan fingerprint density at radius 3 is 1.98 bits per heavy atom. The van der Waals surface area contributed by atoms with Crippen LogP contribution in [0.15, 0.2) is 144 Å². The summed E-state index contributed by atoms with van der Waals surface area (Å²) in [6, 6.07) is 46.9. The Labute approximate surface area is 271 Å². The number of hydrogen-bond acceptors (Lipinski definition) is 1. The normalized spacial score (nSPS) is 13.8. The second-order valence-electron chi connectivity index (χ2n) is 13.1. The molecule has 0 N–H and O–H groups in total. The molecule has 0 bridgehead atoms. The Balaban J connectivity index is 1.21. The third kappa shape index (κ3) is 3.43. The van der Waals surface area contributed by atoms with Crippen LogP contribution in [0.2, 0.25) is 0 Å². The van der Waals surface area contributed by atoms with Gasteiger partial charge in [-0.3, -0.25) is 0 Å². The summed E-state index contributed by atoms with van der Waals surface area (Å²) < 4.78 is 6.55. The highest BCUT2D eigenvalue weighted by Crippen LogP contribution is 2.49. The third-order valence-corrected chi connectivity index (χ3v) is 10.7. The molecule has 1 nitrogen and oxygen atoms in total. The minimum absolute atomic E-state index is 0.923. The van der Waals surface area contributed by atoms with Crippen LogP contribution in [-0.4, -0.2) is 0 Å². The van der Waals surface area contributed by atoms with Crippen molar-refractivity contribution in [1.82, 2.24) is 0 Å².